The highest BCUT2D eigenvalue weighted by Crippen LogP contribution is 2.08. The highest BCUT2D eigenvalue weighted by atomic mass is 28.4. The van der Waals surface area contributed by atoms with Crippen LogP contribution in [-0.4, -0.2) is 14.4 Å². The number of nitrogens with zero attached hydrogens (tertiary/aromatic N) is 1. The van der Waals surface area contributed by atoms with Crippen LogP contribution < -0.4 is 0 Å². The van der Waals surface area contributed by atoms with Crippen LogP contribution in [0.3, 0.4) is 0 Å². The maximum atomic E-state index is 8.32. The maximum absolute atomic E-state index is 8.32. The summed E-state index contributed by atoms with van der Waals surface area (Å²) in [6, 6.07) is 2.09. The monoisotopic (exact) mass is 157 g/mol. The predicted octanol–water partition coefficient (Wildman–Crippen LogP) is 2.14. The second kappa shape index (κ2) is 3.74. The number of rotatable bonds is 3. The molecule has 0 bridgehead atoms. The lowest BCUT2D eigenvalue weighted by molar-refractivity contribution is 0.219. The second-order valence-corrected chi connectivity index (χ2v) is 7.86. The Morgan fingerprint density at radius 1 is 1.50 bits per heavy atom. The number of hydrogen-bond acceptors (Lipinski definition) is 2. The molecule has 0 saturated heterocycles. The summed E-state index contributed by atoms with van der Waals surface area (Å²) in [5.41, 5.74) is 0. The molecule has 10 heavy (non-hydrogen) atoms. The lowest BCUT2D eigenvalue weighted by Gasteiger charge is -2.21. The van der Waals surface area contributed by atoms with Crippen LogP contribution in [0.15, 0.2) is 0 Å². The van der Waals surface area contributed by atoms with Gasteiger partial charge in [-0.25, -0.2) is 0 Å². The van der Waals surface area contributed by atoms with Gasteiger partial charge in [0.25, 0.3) is 0 Å². The summed E-state index contributed by atoms with van der Waals surface area (Å²) < 4.78 is 5.59. The Hall–Kier alpha value is -0.333. The van der Waals surface area contributed by atoms with Crippen LogP contribution in [-0.2, 0) is 4.43 Å². The molecule has 0 aliphatic carbocycles. The van der Waals surface area contributed by atoms with Gasteiger partial charge in [0.15, 0.2) is 8.32 Å². The van der Waals surface area contributed by atoms with Gasteiger partial charge < -0.3 is 4.43 Å². The van der Waals surface area contributed by atoms with Crippen LogP contribution in [0.1, 0.15) is 13.3 Å². The first kappa shape index (κ1) is 9.67. The van der Waals surface area contributed by atoms with E-state index in [9.17, 15) is 0 Å². The summed E-state index contributed by atoms with van der Waals surface area (Å²) in [6.07, 6.45) is 0.612. The molecule has 0 radical (unpaired) electrons. The highest BCUT2D eigenvalue weighted by molar-refractivity contribution is 6.69. The van der Waals surface area contributed by atoms with Crippen molar-refractivity contribution in [1.29, 1.82) is 5.26 Å². The van der Waals surface area contributed by atoms with E-state index in [4.69, 9.17) is 9.69 Å². The third-order valence-electron chi connectivity index (χ3n) is 0.933. The molecule has 3 heteroatoms. The van der Waals surface area contributed by atoms with Gasteiger partial charge in [0.05, 0.1) is 18.6 Å². The molecule has 0 N–H and O–H groups in total. The van der Waals surface area contributed by atoms with Gasteiger partial charge in [-0.2, -0.15) is 5.26 Å². The zero-order chi connectivity index (χ0) is 8.20. The molecular formula is C7H15NOSi. The fourth-order valence-corrected chi connectivity index (χ4v) is 2.06. The molecule has 0 fully saturated rings. The van der Waals surface area contributed by atoms with Crippen LogP contribution in [0, 0.1) is 11.3 Å². The SMILES string of the molecule is CC(CC#N)O[Si](C)(C)C. The Morgan fingerprint density at radius 2 is 2.00 bits per heavy atom. The van der Waals surface area contributed by atoms with E-state index in [0.29, 0.717) is 6.42 Å². The normalized spacial score (nSPS) is 14.3. The van der Waals surface area contributed by atoms with Gasteiger partial charge in [-0.15, -0.1) is 0 Å². The van der Waals surface area contributed by atoms with Crippen molar-refractivity contribution in [2.75, 3.05) is 0 Å². The van der Waals surface area contributed by atoms with Crippen molar-refractivity contribution in [2.24, 2.45) is 0 Å². The first-order valence-electron chi connectivity index (χ1n) is 3.50. The lowest BCUT2D eigenvalue weighted by atomic mass is 10.3. The van der Waals surface area contributed by atoms with Crippen molar-refractivity contribution < 1.29 is 4.43 Å². The molecule has 58 valence electrons. The maximum Gasteiger partial charge on any atom is 0.184 e. The van der Waals surface area contributed by atoms with E-state index in [1.807, 2.05) is 6.92 Å². The Kier molecular flexibility index (Phi) is 3.62. The molecule has 0 aromatic rings. The molecule has 1 unspecified atom stereocenters. The topological polar surface area (TPSA) is 33.0 Å². The predicted molar refractivity (Wildman–Crippen MR) is 44.1 cm³/mol. The molecule has 0 aliphatic heterocycles. The van der Waals surface area contributed by atoms with Crippen molar-refractivity contribution in [1.82, 2.24) is 0 Å². The van der Waals surface area contributed by atoms with E-state index in [-0.39, 0.29) is 6.10 Å². The summed E-state index contributed by atoms with van der Waals surface area (Å²) in [6.45, 7) is 8.32. The molecule has 1 atom stereocenters. The molecule has 0 spiro atoms. The first-order chi connectivity index (χ1) is 4.45. The minimum absolute atomic E-state index is 0.108. The highest BCUT2D eigenvalue weighted by Gasteiger charge is 2.17. The average Bonchev–Trinajstić information content (AvgIpc) is 1.59. The number of hydrogen-bond donors (Lipinski definition) is 0. The van der Waals surface area contributed by atoms with Crippen molar-refractivity contribution in [3.63, 3.8) is 0 Å². The quantitative estimate of drug-likeness (QED) is 0.588. The van der Waals surface area contributed by atoms with E-state index in [0.717, 1.165) is 0 Å². The Balaban J connectivity index is 3.60. The molecule has 0 aromatic carbocycles. The standard InChI is InChI=1S/C7H15NOSi/c1-7(5-6-8)9-10(2,3)4/h7H,5H2,1-4H3. The minimum Gasteiger partial charge on any atom is -0.414 e. The van der Waals surface area contributed by atoms with Gasteiger partial charge in [-0.3, -0.25) is 0 Å². The summed E-state index contributed by atoms with van der Waals surface area (Å²) >= 11 is 0. The summed E-state index contributed by atoms with van der Waals surface area (Å²) in [5.74, 6) is 0. The van der Waals surface area contributed by atoms with Crippen LogP contribution in [0.2, 0.25) is 19.6 Å². The van der Waals surface area contributed by atoms with Gasteiger partial charge in [-0.1, -0.05) is 0 Å². The van der Waals surface area contributed by atoms with E-state index >= 15 is 0 Å². The fraction of sp³-hybridized carbons (Fsp3) is 0.857. The smallest absolute Gasteiger partial charge is 0.184 e. The van der Waals surface area contributed by atoms with Crippen molar-refractivity contribution >= 4 is 8.32 Å². The van der Waals surface area contributed by atoms with E-state index in [1.165, 1.54) is 0 Å². The van der Waals surface area contributed by atoms with Gasteiger partial charge in [0, 0.05) is 0 Å². The molecule has 0 aromatic heterocycles. The number of nitriles is 1. The molecular weight excluding hydrogens is 142 g/mol. The van der Waals surface area contributed by atoms with Crippen LogP contribution in [0.4, 0.5) is 0 Å². The summed E-state index contributed by atoms with van der Waals surface area (Å²) in [7, 11) is -1.41. The third kappa shape index (κ3) is 5.80. The molecule has 0 amide bonds. The zero-order valence-corrected chi connectivity index (χ0v) is 8.14. The van der Waals surface area contributed by atoms with E-state index < -0.39 is 8.32 Å². The van der Waals surface area contributed by atoms with E-state index in [1.54, 1.807) is 0 Å². The largest absolute Gasteiger partial charge is 0.414 e. The van der Waals surface area contributed by atoms with E-state index in [2.05, 4.69) is 25.7 Å². The first-order valence-corrected chi connectivity index (χ1v) is 6.91. The third-order valence-corrected chi connectivity index (χ3v) is 2.04. The van der Waals surface area contributed by atoms with Crippen LogP contribution in [0.5, 0.6) is 0 Å². The van der Waals surface area contributed by atoms with Crippen molar-refractivity contribution in [3.8, 4) is 6.07 Å². The molecule has 0 saturated carbocycles. The van der Waals surface area contributed by atoms with Crippen LogP contribution >= 0.6 is 0 Å². The van der Waals surface area contributed by atoms with Gasteiger partial charge in [0.2, 0.25) is 0 Å². The summed E-state index contributed by atoms with van der Waals surface area (Å²) in [5, 5.41) is 8.32. The Bertz CT molecular complexity index is 134. The lowest BCUT2D eigenvalue weighted by Crippen LogP contribution is -2.30. The average molecular weight is 157 g/mol. The van der Waals surface area contributed by atoms with Crippen molar-refractivity contribution in [2.45, 2.75) is 39.1 Å². The van der Waals surface area contributed by atoms with Crippen molar-refractivity contribution in [3.05, 3.63) is 0 Å². The van der Waals surface area contributed by atoms with Crippen LogP contribution in [0.25, 0.3) is 0 Å². The van der Waals surface area contributed by atoms with Gasteiger partial charge in [-0.05, 0) is 26.6 Å². The molecule has 0 heterocycles. The zero-order valence-electron chi connectivity index (χ0n) is 7.14. The second-order valence-electron chi connectivity index (χ2n) is 3.40. The fourth-order valence-electron chi connectivity index (χ4n) is 0.774. The Labute approximate surface area is 63.9 Å². The molecule has 2 nitrogen and oxygen atoms in total. The molecule has 0 aliphatic rings. The van der Waals surface area contributed by atoms with Gasteiger partial charge >= 0.3 is 0 Å². The summed E-state index contributed by atoms with van der Waals surface area (Å²) in [4.78, 5) is 0. The Morgan fingerprint density at radius 3 is 2.30 bits per heavy atom. The molecule has 0 rings (SSSR count). The minimum atomic E-state index is -1.41. The van der Waals surface area contributed by atoms with Gasteiger partial charge in [0.1, 0.15) is 0 Å².